The summed E-state index contributed by atoms with van der Waals surface area (Å²) in [6, 6.07) is 43.5. The second kappa shape index (κ2) is 10.3. The Balaban J connectivity index is 0.000000906. The van der Waals surface area contributed by atoms with E-state index in [4.69, 9.17) is 0 Å². The summed E-state index contributed by atoms with van der Waals surface area (Å²) in [6.45, 7) is 0. The van der Waals surface area contributed by atoms with E-state index in [1.54, 1.807) is 7.05 Å². The van der Waals surface area contributed by atoms with Crippen LogP contribution in [0.25, 0.3) is 0 Å². The van der Waals surface area contributed by atoms with Gasteiger partial charge in [0.05, 0.1) is 7.05 Å². The lowest BCUT2D eigenvalue weighted by molar-refractivity contribution is -0.325. The maximum Gasteiger partial charge on any atom is 0.108 e. The second-order valence-electron chi connectivity index (χ2n) is 6.51. The summed E-state index contributed by atoms with van der Waals surface area (Å²) in [5.41, 5.74) is 8.61. The molecule has 0 aromatic heterocycles. The molecule has 0 atom stereocenters. The maximum atomic E-state index is 3.25. The highest BCUT2D eigenvalue weighted by molar-refractivity contribution is 7.19. The van der Waals surface area contributed by atoms with Crippen molar-refractivity contribution in [1.29, 1.82) is 0 Å². The SMILES string of the molecule is C.C[NH3+].c1ccc([B-](c2ccccc2)(c2ccccc2)c2ccccc2)cc1. The zero-order valence-electron chi connectivity index (χ0n) is 15.8. The molecule has 0 fully saturated rings. The number of hydrogen-bond acceptors (Lipinski definition) is 0. The molecule has 0 aliphatic carbocycles. The second-order valence-corrected chi connectivity index (χ2v) is 6.51. The standard InChI is InChI=1S/C24H20B.CH5N.CH4/c1-5-13-21(14-6-1)25(22-15-7-2-8-16-22,23-17-9-3-10-18-23)24-19-11-4-12-20-24;1-2;/h1-20H;2H2,1H3;1H4/q-1;;/p+1. The minimum Gasteiger partial charge on any atom is -0.360 e. The van der Waals surface area contributed by atoms with Crippen LogP contribution in [0.4, 0.5) is 0 Å². The van der Waals surface area contributed by atoms with Gasteiger partial charge in [-0.1, -0.05) is 129 Å². The number of rotatable bonds is 4. The first kappa shape index (κ1) is 21.2. The molecule has 0 heterocycles. The molecule has 0 saturated heterocycles. The molecule has 0 radical (unpaired) electrons. The van der Waals surface area contributed by atoms with Crippen molar-refractivity contribution in [3.05, 3.63) is 121 Å². The molecule has 4 aromatic carbocycles. The average Bonchev–Trinajstić information content (AvgIpc) is 2.79. The van der Waals surface area contributed by atoms with E-state index in [2.05, 4.69) is 127 Å². The van der Waals surface area contributed by atoms with Crippen LogP contribution >= 0.6 is 0 Å². The average molecular weight is 367 g/mol. The summed E-state index contributed by atoms with van der Waals surface area (Å²) in [4.78, 5) is 0. The number of quaternary nitrogens is 1. The molecule has 0 aliphatic rings. The highest BCUT2D eigenvalue weighted by Gasteiger charge is 2.30. The molecule has 4 aromatic rings. The van der Waals surface area contributed by atoms with E-state index >= 15 is 0 Å². The third kappa shape index (κ3) is 3.93. The van der Waals surface area contributed by atoms with Crippen LogP contribution in [0.5, 0.6) is 0 Å². The highest BCUT2D eigenvalue weighted by atomic mass is 14.4. The van der Waals surface area contributed by atoms with Crippen LogP contribution in [-0.2, 0) is 0 Å². The van der Waals surface area contributed by atoms with Crippen LogP contribution in [0, 0.1) is 0 Å². The van der Waals surface area contributed by atoms with Gasteiger partial charge in [0.2, 0.25) is 0 Å². The fraction of sp³-hybridized carbons (Fsp3) is 0.0769. The molecule has 0 aliphatic heterocycles. The van der Waals surface area contributed by atoms with Crippen molar-refractivity contribution in [2.75, 3.05) is 7.05 Å². The summed E-state index contributed by atoms with van der Waals surface area (Å²) in [5.74, 6) is 0. The van der Waals surface area contributed by atoms with E-state index in [1.165, 1.54) is 21.9 Å². The number of hydrogen-bond donors (Lipinski definition) is 1. The van der Waals surface area contributed by atoms with Crippen LogP contribution in [0.15, 0.2) is 121 Å². The van der Waals surface area contributed by atoms with Crippen LogP contribution < -0.4 is 27.6 Å². The van der Waals surface area contributed by atoms with E-state index in [0.717, 1.165) is 0 Å². The fourth-order valence-corrected chi connectivity index (χ4v) is 4.12. The Hall–Kier alpha value is -3.10. The molecular weight excluding hydrogens is 337 g/mol. The monoisotopic (exact) mass is 367 g/mol. The Morgan fingerprint density at radius 3 is 0.750 bits per heavy atom. The van der Waals surface area contributed by atoms with E-state index in [-0.39, 0.29) is 7.43 Å². The van der Waals surface area contributed by atoms with Crippen molar-refractivity contribution in [2.45, 2.75) is 7.43 Å². The molecule has 28 heavy (non-hydrogen) atoms. The summed E-state index contributed by atoms with van der Waals surface area (Å²) >= 11 is 0. The van der Waals surface area contributed by atoms with Gasteiger partial charge < -0.3 is 5.73 Å². The summed E-state index contributed by atoms with van der Waals surface area (Å²) in [7, 11) is 1.75. The molecule has 0 saturated carbocycles. The Bertz CT molecular complexity index is 759. The van der Waals surface area contributed by atoms with Crippen LogP contribution in [0.3, 0.4) is 0 Å². The van der Waals surface area contributed by atoms with Gasteiger partial charge in [0.25, 0.3) is 0 Å². The lowest BCUT2D eigenvalue weighted by atomic mass is 9.13. The third-order valence-corrected chi connectivity index (χ3v) is 5.20. The minimum absolute atomic E-state index is 0. The van der Waals surface area contributed by atoms with Gasteiger partial charge >= 0.3 is 0 Å². The minimum atomic E-state index is -1.22. The van der Waals surface area contributed by atoms with Crippen molar-refractivity contribution < 1.29 is 5.73 Å². The van der Waals surface area contributed by atoms with E-state index in [1.807, 2.05) is 0 Å². The Morgan fingerprint density at radius 2 is 0.571 bits per heavy atom. The normalized spacial score (nSPS) is 10.2. The van der Waals surface area contributed by atoms with Gasteiger partial charge in [-0.3, -0.25) is 0 Å². The highest BCUT2D eigenvalue weighted by Crippen LogP contribution is 2.09. The molecule has 0 unspecified atom stereocenters. The number of benzene rings is 4. The maximum absolute atomic E-state index is 3.25. The van der Waals surface area contributed by atoms with Crippen LogP contribution in [-0.4, -0.2) is 13.2 Å². The molecule has 3 N–H and O–H groups in total. The Morgan fingerprint density at radius 1 is 0.393 bits per heavy atom. The molecule has 0 spiro atoms. The predicted molar refractivity (Wildman–Crippen MR) is 126 cm³/mol. The van der Waals surface area contributed by atoms with Crippen molar-refractivity contribution >= 4 is 28.0 Å². The summed E-state index contributed by atoms with van der Waals surface area (Å²) in [5, 5.41) is 0. The molecule has 4 rings (SSSR count). The van der Waals surface area contributed by atoms with Gasteiger partial charge in [-0.15, -0.1) is 0 Å². The van der Waals surface area contributed by atoms with Crippen molar-refractivity contribution in [3.8, 4) is 0 Å². The molecule has 1 nitrogen and oxygen atoms in total. The molecule has 0 amide bonds. The van der Waals surface area contributed by atoms with Crippen molar-refractivity contribution in [2.24, 2.45) is 0 Å². The van der Waals surface area contributed by atoms with Gasteiger partial charge in [0.15, 0.2) is 0 Å². The largest absolute Gasteiger partial charge is 0.360 e. The topological polar surface area (TPSA) is 27.6 Å². The van der Waals surface area contributed by atoms with Crippen molar-refractivity contribution in [1.82, 2.24) is 0 Å². The molecule has 142 valence electrons. The summed E-state index contributed by atoms with van der Waals surface area (Å²) in [6.07, 6.45) is -1.22. The molecule has 0 bridgehead atoms. The van der Waals surface area contributed by atoms with Gasteiger partial charge in [-0.2, -0.15) is 21.9 Å². The van der Waals surface area contributed by atoms with Gasteiger partial charge in [0, 0.05) is 0 Å². The van der Waals surface area contributed by atoms with Crippen molar-refractivity contribution in [3.63, 3.8) is 0 Å². The van der Waals surface area contributed by atoms with E-state index < -0.39 is 6.15 Å². The lowest BCUT2D eigenvalue weighted by Crippen LogP contribution is -2.74. The zero-order valence-corrected chi connectivity index (χ0v) is 15.8. The predicted octanol–water partition coefficient (Wildman–Crippen LogP) is 2.56. The van der Waals surface area contributed by atoms with Gasteiger partial charge in [-0.25, -0.2) is 0 Å². The molecular formula is C26H30BN. The summed E-state index contributed by atoms with van der Waals surface area (Å²) < 4.78 is 0. The molecule has 2 heteroatoms. The Kier molecular flexibility index (Phi) is 7.80. The Labute approximate surface area is 169 Å². The van der Waals surface area contributed by atoms with Crippen LogP contribution in [0.1, 0.15) is 7.43 Å². The van der Waals surface area contributed by atoms with E-state index in [0.29, 0.717) is 0 Å². The van der Waals surface area contributed by atoms with Gasteiger partial charge in [0.1, 0.15) is 6.15 Å². The first-order valence-electron chi connectivity index (χ1n) is 9.50. The zero-order chi connectivity index (χ0) is 19.0. The third-order valence-electron chi connectivity index (χ3n) is 5.20. The van der Waals surface area contributed by atoms with Crippen LogP contribution in [0.2, 0.25) is 0 Å². The quantitative estimate of drug-likeness (QED) is 0.537. The first-order chi connectivity index (χ1) is 13.4. The first-order valence-corrected chi connectivity index (χ1v) is 9.50. The smallest absolute Gasteiger partial charge is 0.108 e. The fourth-order valence-electron chi connectivity index (χ4n) is 4.12. The van der Waals surface area contributed by atoms with E-state index in [9.17, 15) is 0 Å². The van der Waals surface area contributed by atoms with Gasteiger partial charge in [-0.05, 0) is 0 Å². The lowest BCUT2D eigenvalue weighted by Gasteiger charge is -2.44.